The summed E-state index contributed by atoms with van der Waals surface area (Å²) in [5.41, 5.74) is 3.05. The van der Waals surface area contributed by atoms with Crippen LogP contribution in [0.5, 0.6) is 0 Å². The minimum absolute atomic E-state index is 0.397. The van der Waals surface area contributed by atoms with E-state index in [4.69, 9.17) is 0 Å². The molecule has 0 aromatic carbocycles. The van der Waals surface area contributed by atoms with Gasteiger partial charge < -0.3 is 0 Å². The second-order valence-electron chi connectivity index (χ2n) is 4.27. The van der Waals surface area contributed by atoms with Crippen molar-refractivity contribution in [2.45, 2.75) is 40.3 Å². The highest BCUT2D eigenvalue weighted by Crippen LogP contribution is 2.26. The van der Waals surface area contributed by atoms with Crippen molar-refractivity contribution in [3.05, 3.63) is 22.8 Å². The van der Waals surface area contributed by atoms with Crippen LogP contribution < -0.4 is 0 Å². The van der Waals surface area contributed by atoms with Gasteiger partial charge in [0.25, 0.3) is 0 Å². The van der Waals surface area contributed by atoms with Gasteiger partial charge in [-0.1, -0.05) is 19.9 Å². The normalized spacial score (nSPS) is 32.9. The lowest BCUT2D eigenvalue weighted by Crippen LogP contribution is -2.13. The Morgan fingerprint density at radius 1 is 1.53 bits per heavy atom. The molecule has 1 rings (SSSR count). The van der Waals surface area contributed by atoms with Crippen LogP contribution in [0.25, 0.3) is 0 Å². The first-order valence-electron chi connectivity index (χ1n) is 5.59. The summed E-state index contributed by atoms with van der Waals surface area (Å²) >= 11 is 0. The summed E-state index contributed by atoms with van der Waals surface area (Å²) in [5, 5.41) is 0. The summed E-state index contributed by atoms with van der Waals surface area (Å²) < 4.78 is 13.8. The quantitative estimate of drug-likeness (QED) is 0.624. The molecule has 0 aromatic rings. The summed E-state index contributed by atoms with van der Waals surface area (Å²) in [7, 11) is 0. The Morgan fingerprint density at radius 2 is 2.20 bits per heavy atom. The van der Waals surface area contributed by atoms with E-state index < -0.39 is 6.17 Å². The maximum atomic E-state index is 13.8. The van der Waals surface area contributed by atoms with Crippen LogP contribution in [-0.4, -0.2) is 18.9 Å². The molecule has 1 atom stereocenters. The maximum absolute atomic E-state index is 13.8. The first-order chi connectivity index (χ1) is 7.07. The number of halogens is 1. The number of allylic oxidation sites excluding steroid dienone is 4. The van der Waals surface area contributed by atoms with Gasteiger partial charge in [0.1, 0.15) is 6.17 Å². The van der Waals surface area contributed by atoms with E-state index in [-0.39, 0.29) is 0 Å². The molecular formula is C13H20FN. The van der Waals surface area contributed by atoms with Crippen molar-refractivity contribution in [2.24, 2.45) is 10.9 Å². The molecule has 0 saturated heterocycles. The van der Waals surface area contributed by atoms with E-state index in [1.165, 1.54) is 0 Å². The Bertz CT molecular complexity index is 310. The number of hydrogen-bond acceptors (Lipinski definition) is 1. The molecule has 0 amide bonds. The summed E-state index contributed by atoms with van der Waals surface area (Å²) in [5.74, 6) is 0.397. The van der Waals surface area contributed by atoms with E-state index in [1.807, 2.05) is 26.1 Å². The number of nitrogens with zero attached hydrogens (tertiary/aromatic N) is 1. The van der Waals surface area contributed by atoms with Gasteiger partial charge in [0, 0.05) is 19.2 Å². The van der Waals surface area contributed by atoms with Gasteiger partial charge in [-0.3, -0.25) is 4.99 Å². The van der Waals surface area contributed by atoms with Crippen molar-refractivity contribution in [1.29, 1.82) is 0 Å². The molecule has 0 bridgehead atoms. The standard InChI is InChI=1S/C13H20FN/c1-5-11-10(4)12(9(2)3)8-15-7-6-13(11)14/h5,8-9,13H,6-7H2,1-4H3/b11-5-,12-10+,15-8-. The monoisotopic (exact) mass is 209 g/mol. The fourth-order valence-corrected chi connectivity index (χ4v) is 1.98. The highest BCUT2D eigenvalue weighted by Gasteiger charge is 2.18. The van der Waals surface area contributed by atoms with Crippen LogP contribution in [0.15, 0.2) is 27.8 Å². The fourth-order valence-electron chi connectivity index (χ4n) is 1.98. The molecule has 0 radical (unpaired) electrons. The molecule has 84 valence electrons. The van der Waals surface area contributed by atoms with Gasteiger partial charge in [0.15, 0.2) is 0 Å². The van der Waals surface area contributed by atoms with Crippen molar-refractivity contribution in [3.8, 4) is 0 Å². The molecule has 1 unspecified atom stereocenters. The van der Waals surface area contributed by atoms with E-state index in [0.29, 0.717) is 18.9 Å². The van der Waals surface area contributed by atoms with E-state index in [1.54, 1.807) is 0 Å². The average Bonchev–Trinajstić information content (AvgIpc) is 2.15. The molecule has 0 aliphatic carbocycles. The number of alkyl halides is 1. The second kappa shape index (κ2) is 5.24. The van der Waals surface area contributed by atoms with Gasteiger partial charge in [-0.25, -0.2) is 4.39 Å². The maximum Gasteiger partial charge on any atom is 0.127 e. The predicted molar refractivity (Wildman–Crippen MR) is 64.2 cm³/mol. The molecule has 2 heteroatoms. The second-order valence-corrected chi connectivity index (χ2v) is 4.27. The Kier molecular flexibility index (Phi) is 4.25. The number of rotatable bonds is 1. The molecule has 0 spiro atoms. The lowest BCUT2D eigenvalue weighted by molar-refractivity contribution is 0.366. The third kappa shape index (κ3) is 2.77. The Balaban J connectivity index is 3.18. The van der Waals surface area contributed by atoms with Crippen LogP contribution in [0.3, 0.4) is 0 Å². The van der Waals surface area contributed by atoms with Gasteiger partial charge in [0.2, 0.25) is 0 Å². The minimum atomic E-state index is -0.860. The summed E-state index contributed by atoms with van der Waals surface area (Å²) in [4.78, 5) is 4.25. The molecule has 0 saturated carbocycles. The smallest absolute Gasteiger partial charge is 0.127 e. The number of hydrogen-bond donors (Lipinski definition) is 0. The lowest BCUT2D eigenvalue weighted by atomic mass is 9.90. The molecular weight excluding hydrogens is 189 g/mol. The first kappa shape index (κ1) is 12.2. The van der Waals surface area contributed by atoms with Crippen LogP contribution in [0, 0.1) is 5.92 Å². The predicted octanol–water partition coefficient (Wildman–Crippen LogP) is 3.72. The van der Waals surface area contributed by atoms with Crippen molar-refractivity contribution in [3.63, 3.8) is 0 Å². The fraction of sp³-hybridized carbons (Fsp3) is 0.615. The van der Waals surface area contributed by atoms with E-state index in [0.717, 1.165) is 16.7 Å². The summed E-state index contributed by atoms with van der Waals surface area (Å²) in [6.07, 6.45) is 3.44. The summed E-state index contributed by atoms with van der Waals surface area (Å²) in [6, 6.07) is 0. The van der Waals surface area contributed by atoms with E-state index in [2.05, 4.69) is 18.8 Å². The topological polar surface area (TPSA) is 12.4 Å². The van der Waals surface area contributed by atoms with Crippen LogP contribution in [0.4, 0.5) is 4.39 Å². The first-order valence-corrected chi connectivity index (χ1v) is 5.59. The molecule has 0 fully saturated rings. The molecule has 1 heterocycles. The van der Waals surface area contributed by atoms with Crippen molar-refractivity contribution >= 4 is 6.21 Å². The zero-order valence-electron chi connectivity index (χ0n) is 10.0. The van der Waals surface area contributed by atoms with E-state index in [9.17, 15) is 4.39 Å². The Hall–Kier alpha value is -0.920. The Morgan fingerprint density at radius 3 is 2.73 bits per heavy atom. The highest BCUT2D eigenvalue weighted by atomic mass is 19.1. The largest absolute Gasteiger partial charge is 0.293 e. The van der Waals surface area contributed by atoms with Crippen LogP contribution in [0.1, 0.15) is 34.1 Å². The number of aliphatic imine (C=N–C) groups is 1. The van der Waals surface area contributed by atoms with Crippen LogP contribution in [-0.2, 0) is 0 Å². The average molecular weight is 209 g/mol. The molecule has 0 N–H and O–H groups in total. The van der Waals surface area contributed by atoms with Crippen LogP contribution in [0.2, 0.25) is 0 Å². The SMILES string of the molecule is C/C=C1/C(C)=C(C(C)C)\C=N/CCC1F. The summed E-state index contributed by atoms with van der Waals surface area (Å²) in [6.45, 7) is 8.72. The minimum Gasteiger partial charge on any atom is -0.293 e. The van der Waals surface area contributed by atoms with Gasteiger partial charge in [-0.05, 0) is 36.5 Å². The molecule has 15 heavy (non-hydrogen) atoms. The van der Waals surface area contributed by atoms with Gasteiger partial charge in [0.05, 0.1) is 0 Å². The van der Waals surface area contributed by atoms with Crippen molar-refractivity contribution in [2.75, 3.05) is 6.54 Å². The van der Waals surface area contributed by atoms with Crippen molar-refractivity contribution < 1.29 is 4.39 Å². The van der Waals surface area contributed by atoms with Gasteiger partial charge >= 0.3 is 0 Å². The zero-order valence-corrected chi connectivity index (χ0v) is 10.0. The molecule has 0 aromatic heterocycles. The highest BCUT2D eigenvalue weighted by molar-refractivity contribution is 5.81. The van der Waals surface area contributed by atoms with E-state index >= 15 is 0 Å². The third-order valence-electron chi connectivity index (χ3n) is 2.88. The van der Waals surface area contributed by atoms with Crippen LogP contribution >= 0.6 is 0 Å². The molecule has 1 nitrogen and oxygen atoms in total. The zero-order chi connectivity index (χ0) is 11.4. The lowest BCUT2D eigenvalue weighted by Gasteiger charge is -2.19. The Labute approximate surface area is 91.8 Å². The van der Waals surface area contributed by atoms with Gasteiger partial charge in [-0.15, -0.1) is 0 Å². The molecule has 1 aliphatic heterocycles. The molecule has 1 aliphatic rings. The van der Waals surface area contributed by atoms with Crippen molar-refractivity contribution in [1.82, 2.24) is 0 Å². The third-order valence-corrected chi connectivity index (χ3v) is 2.88. The van der Waals surface area contributed by atoms with Gasteiger partial charge in [-0.2, -0.15) is 0 Å².